The van der Waals surface area contributed by atoms with E-state index in [1.807, 2.05) is 12.1 Å². The topological polar surface area (TPSA) is 92.9 Å². The van der Waals surface area contributed by atoms with Crippen LogP contribution in [-0.4, -0.2) is 28.5 Å². The van der Waals surface area contributed by atoms with Gasteiger partial charge in [-0.1, -0.05) is 42.5 Å². The molecule has 0 spiro atoms. The highest BCUT2D eigenvalue weighted by atomic mass is 16.1. The van der Waals surface area contributed by atoms with Crippen molar-refractivity contribution in [3.63, 3.8) is 0 Å². The zero-order valence-electron chi connectivity index (χ0n) is 16.1. The number of rotatable bonds is 5. The molecule has 1 amide bonds. The monoisotopic (exact) mass is 385 g/mol. The van der Waals surface area contributed by atoms with E-state index in [1.54, 1.807) is 12.1 Å². The van der Waals surface area contributed by atoms with Crippen molar-refractivity contribution in [2.24, 2.45) is 5.73 Å². The number of nitrogens with two attached hydrogens (primary N) is 1. The molecule has 2 heterocycles. The van der Waals surface area contributed by atoms with Crippen LogP contribution in [-0.2, 0) is 13.0 Å². The van der Waals surface area contributed by atoms with Gasteiger partial charge in [-0.15, -0.1) is 0 Å². The number of hydrogen-bond acceptors (Lipinski definition) is 5. The number of aromatic nitrogens is 2. The Morgan fingerprint density at radius 3 is 2.62 bits per heavy atom. The number of carbonyl (C=O) groups excluding carboxylic acids is 1. The molecule has 146 valence electrons. The van der Waals surface area contributed by atoms with Crippen molar-refractivity contribution in [2.45, 2.75) is 31.3 Å². The van der Waals surface area contributed by atoms with E-state index in [1.165, 1.54) is 11.1 Å². The van der Waals surface area contributed by atoms with Crippen LogP contribution in [0.15, 0.2) is 54.6 Å². The second-order valence-corrected chi connectivity index (χ2v) is 7.69. The molecular formula is C23H23N5O. The van der Waals surface area contributed by atoms with Gasteiger partial charge in [0.25, 0.3) is 0 Å². The zero-order chi connectivity index (χ0) is 19.8. The summed E-state index contributed by atoms with van der Waals surface area (Å²) in [6.07, 6.45) is 2.03. The van der Waals surface area contributed by atoms with Gasteiger partial charge < -0.3 is 16.4 Å². The summed E-state index contributed by atoms with van der Waals surface area (Å²) in [6, 6.07) is 18.2. The minimum Gasteiger partial charge on any atom is -0.366 e. The fraction of sp³-hybridized carbons (Fsp3) is 0.261. The number of benzene rings is 2. The summed E-state index contributed by atoms with van der Waals surface area (Å²) in [5, 5.41) is 7.07. The smallest absolute Gasteiger partial charge is 0.248 e. The van der Waals surface area contributed by atoms with Gasteiger partial charge >= 0.3 is 0 Å². The summed E-state index contributed by atoms with van der Waals surface area (Å²) in [5.41, 5.74) is 10.3. The Morgan fingerprint density at radius 2 is 1.86 bits per heavy atom. The Morgan fingerprint density at radius 1 is 1.07 bits per heavy atom. The molecule has 6 heteroatoms. The standard InChI is InChI=1S/C23H23N5O/c24-21(29)15-6-8-16(9-7-15)22-27-20-13-25-11-10-17(20)23(28-22)26-19-12-18(19)14-4-2-1-3-5-14/h1-9,18-19,25H,10-13H2,(H2,24,29)(H,26,27,28)/t18-,19+/m0/s1. The van der Waals surface area contributed by atoms with Gasteiger partial charge in [-0.05, 0) is 37.1 Å². The third kappa shape index (κ3) is 3.59. The summed E-state index contributed by atoms with van der Waals surface area (Å²) in [6.45, 7) is 1.68. The van der Waals surface area contributed by atoms with E-state index < -0.39 is 5.91 Å². The number of anilines is 1. The maximum atomic E-state index is 11.3. The Labute approximate surface area is 169 Å². The Kier molecular flexibility index (Phi) is 4.48. The van der Waals surface area contributed by atoms with Gasteiger partial charge in [0.2, 0.25) is 5.91 Å². The normalized spacial score (nSPS) is 20.0. The van der Waals surface area contributed by atoms with Crippen molar-refractivity contribution in [3.8, 4) is 11.4 Å². The van der Waals surface area contributed by atoms with Crippen LogP contribution >= 0.6 is 0 Å². The van der Waals surface area contributed by atoms with Gasteiger partial charge in [0.05, 0.1) is 5.69 Å². The van der Waals surface area contributed by atoms with E-state index in [2.05, 4.69) is 41.0 Å². The maximum absolute atomic E-state index is 11.3. The van der Waals surface area contributed by atoms with E-state index in [9.17, 15) is 4.79 Å². The molecule has 2 aromatic carbocycles. The highest BCUT2D eigenvalue weighted by Gasteiger charge is 2.39. The molecule has 3 aromatic rings. The van der Waals surface area contributed by atoms with Crippen molar-refractivity contribution in [1.29, 1.82) is 0 Å². The molecule has 6 nitrogen and oxygen atoms in total. The molecule has 5 rings (SSSR count). The lowest BCUT2D eigenvalue weighted by molar-refractivity contribution is 0.100. The number of nitrogens with zero attached hydrogens (tertiary/aromatic N) is 2. The van der Waals surface area contributed by atoms with E-state index in [-0.39, 0.29) is 0 Å². The second kappa shape index (κ2) is 7.29. The van der Waals surface area contributed by atoms with Crippen LogP contribution in [0.25, 0.3) is 11.4 Å². The van der Waals surface area contributed by atoms with Gasteiger partial charge in [-0.2, -0.15) is 0 Å². The molecule has 1 fully saturated rings. The van der Waals surface area contributed by atoms with Crippen LogP contribution in [0.2, 0.25) is 0 Å². The number of amides is 1. The molecule has 4 N–H and O–H groups in total. The largest absolute Gasteiger partial charge is 0.366 e. The molecule has 1 saturated carbocycles. The Hall–Kier alpha value is -3.25. The van der Waals surface area contributed by atoms with Gasteiger partial charge in [-0.25, -0.2) is 9.97 Å². The molecule has 29 heavy (non-hydrogen) atoms. The minimum atomic E-state index is -0.435. The maximum Gasteiger partial charge on any atom is 0.248 e. The number of primary amides is 1. The van der Waals surface area contributed by atoms with Crippen molar-refractivity contribution < 1.29 is 4.79 Å². The van der Waals surface area contributed by atoms with Gasteiger partial charge in [0.1, 0.15) is 5.82 Å². The summed E-state index contributed by atoms with van der Waals surface area (Å²) in [5.74, 6) is 1.70. The van der Waals surface area contributed by atoms with Crippen LogP contribution in [0.1, 0.15) is 39.5 Å². The van der Waals surface area contributed by atoms with Crippen molar-refractivity contribution in [3.05, 3.63) is 77.0 Å². The summed E-state index contributed by atoms with van der Waals surface area (Å²) in [7, 11) is 0. The van der Waals surface area contributed by atoms with Crippen LogP contribution in [0.5, 0.6) is 0 Å². The number of nitrogens with one attached hydrogen (secondary N) is 2. The van der Waals surface area contributed by atoms with E-state index in [0.717, 1.165) is 43.0 Å². The lowest BCUT2D eigenvalue weighted by Gasteiger charge is -2.21. The highest BCUT2D eigenvalue weighted by Crippen LogP contribution is 2.43. The molecule has 1 aromatic heterocycles. The number of fused-ring (bicyclic) bond motifs is 1. The SMILES string of the molecule is NC(=O)c1ccc(-c2nc3c(c(N[C@@H]4C[C@H]4c4ccccc4)n2)CCNC3)cc1. The average molecular weight is 385 g/mol. The summed E-state index contributed by atoms with van der Waals surface area (Å²) >= 11 is 0. The molecule has 2 aliphatic rings. The molecule has 0 radical (unpaired) electrons. The average Bonchev–Trinajstić information content (AvgIpc) is 3.53. The predicted molar refractivity (Wildman–Crippen MR) is 113 cm³/mol. The zero-order valence-corrected chi connectivity index (χ0v) is 16.1. The van der Waals surface area contributed by atoms with Crippen LogP contribution in [0.3, 0.4) is 0 Å². The Bertz CT molecular complexity index is 1050. The second-order valence-electron chi connectivity index (χ2n) is 7.69. The van der Waals surface area contributed by atoms with Gasteiger partial charge in [0, 0.05) is 35.2 Å². The van der Waals surface area contributed by atoms with E-state index in [4.69, 9.17) is 15.7 Å². The first-order chi connectivity index (χ1) is 14.2. The fourth-order valence-corrected chi connectivity index (χ4v) is 3.99. The third-order valence-electron chi connectivity index (χ3n) is 5.70. The lowest BCUT2D eigenvalue weighted by atomic mass is 10.1. The number of hydrogen-bond donors (Lipinski definition) is 3. The van der Waals surface area contributed by atoms with Crippen LogP contribution in [0.4, 0.5) is 5.82 Å². The highest BCUT2D eigenvalue weighted by molar-refractivity contribution is 5.93. The van der Waals surface area contributed by atoms with Crippen molar-refractivity contribution in [2.75, 3.05) is 11.9 Å². The van der Waals surface area contributed by atoms with Gasteiger partial charge in [0.15, 0.2) is 5.82 Å². The molecule has 2 atom stereocenters. The van der Waals surface area contributed by atoms with E-state index >= 15 is 0 Å². The van der Waals surface area contributed by atoms with Crippen LogP contribution < -0.4 is 16.4 Å². The first-order valence-electron chi connectivity index (χ1n) is 10.0. The quantitative estimate of drug-likeness (QED) is 0.628. The number of carbonyl (C=O) groups is 1. The fourth-order valence-electron chi connectivity index (χ4n) is 3.99. The molecular weight excluding hydrogens is 362 g/mol. The van der Waals surface area contributed by atoms with Gasteiger partial charge in [-0.3, -0.25) is 4.79 Å². The summed E-state index contributed by atoms with van der Waals surface area (Å²) < 4.78 is 0. The van der Waals surface area contributed by atoms with E-state index in [0.29, 0.717) is 23.3 Å². The van der Waals surface area contributed by atoms with Crippen molar-refractivity contribution in [1.82, 2.24) is 15.3 Å². The molecule has 1 aliphatic heterocycles. The lowest BCUT2D eigenvalue weighted by Crippen LogP contribution is -2.27. The predicted octanol–water partition coefficient (Wildman–Crippen LogP) is 2.86. The molecule has 0 unspecified atom stereocenters. The summed E-state index contributed by atoms with van der Waals surface area (Å²) in [4.78, 5) is 21.0. The molecule has 1 aliphatic carbocycles. The molecule has 0 bridgehead atoms. The Balaban J connectivity index is 1.45. The van der Waals surface area contributed by atoms with Crippen LogP contribution in [0, 0.1) is 0 Å². The first-order valence-corrected chi connectivity index (χ1v) is 10.0. The third-order valence-corrected chi connectivity index (χ3v) is 5.70. The first kappa shape index (κ1) is 17.8. The minimum absolute atomic E-state index is 0.399. The van der Waals surface area contributed by atoms with Crippen molar-refractivity contribution >= 4 is 11.7 Å². The molecule has 0 saturated heterocycles.